The van der Waals surface area contributed by atoms with Gasteiger partial charge in [-0.25, -0.2) is 9.07 Å². The van der Waals surface area contributed by atoms with Gasteiger partial charge in [0.2, 0.25) is 5.91 Å². The largest absolute Gasteiger partial charge is 0.354 e. The van der Waals surface area contributed by atoms with E-state index >= 15 is 0 Å². The standard InChI is InChI=1S/C27H29FN6O/c1-19-13-24(9-10-29-19)34-26-18-30-23(14-21(26)16-32-34)15-27(35)31-17-25(33-11-3-2-4-12-33)20-5-7-22(28)8-6-20/h5-10,13-14,16,18,25H,2-4,11-12,15,17H2,1H3,(H,31,35). The van der Waals surface area contributed by atoms with E-state index in [0.29, 0.717) is 12.2 Å². The summed E-state index contributed by atoms with van der Waals surface area (Å²) in [5.74, 6) is -0.336. The number of hydrogen-bond donors (Lipinski definition) is 1. The second-order valence-electron chi connectivity index (χ2n) is 9.09. The minimum Gasteiger partial charge on any atom is -0.354 e. The predicted octanol–water partition coefficient (Wildman–Crippen LogP) is 4.15. The highest BCUT2D eigenvalue weighted by atomic mass is 19.1. The van der Waals surface area contributed by atoms with E-state index in [2.05, 4.69) is 25.3 Å². The highest BCUT2D eigenvalue weighted by Gasteiger charge is 2.23. The van der Waals surface area contributed by atoms with Crippen LogP contribution in [-0.4, -0.2) is 50.2 Å². The maximum absolute atomic E-state index is 13.5. The molecule has 1 N–H and O–H groups in total. The van der Waals surface area contributed by atoms with Gasteiger partial charge < -0.3 is 5.32 Å². The molecule has 1 fully saturated rings. The van der Waals surface area contributed by atoms with E-state index in [1.54, 1.807) is 18.6 Å². The van der Waals surface area contributed by atoms with Gasteiger partial charge in [-0.2, -0.15) is 5.10 Å². The molecule has 0 aliphatic carbocycles. The lowest BCUT2D eigenvalue weighted by atomic mass is 10.0. The molecular formula is C27H29FN6O. The van der Waals surface area contributed by atoms with Gasteiger partial charge >= 0.3 is 0 Å². The van der Waals surface area contributed by atoms with Crippen LogP contribution in [0.4, 0.5) is 4.39 Å². The fourth-order valence-electron chi connectivity index (χ4n) is 4.75. The number of piperidine rings is 1. The van der Waals surface area contributed by atoms with E-state index in [9.17, 15) is 9.18 Å². The Morgan fingerprint density at radius 1 is 1.06 bits per heavy atom. The molecule has 0 saturated carbocycles. The van der Waals surface area contributed by atoms with Gasteiger partial charge in [0.25, 0.3) is 0 Å². The summed E-state index contributed by atoms with van der Waals surface area (Å²) in [5.41, 5.74) is 4.42. The molecule has 1 aliphatic rings. The number of amides is 1. The highest BCUT2D eigenvalue weighted by Crippen LogP contribution is 2.25. The summed E-state index contributed by atoms with van der Waals surface area (Å²) in [6.07, 6.45) is 9.00. The third-order valence-corrected chi connectivity index (χ3v) is 6.56. The van der Waals surface area contributed by atoms with Crippen LogP contribution in [0.2, 0.25) is 0 Å². The number of fused-ring (bicyclic) bond motifs is 1. The molecule has 1 unspecified atom stereocenters. The minimum atomic E-state index is -0.251. The van der Waals surface area contributed by atoms with Crippen molar-refractivity contribution in [2.45, 2.75) is 38.6 Å². The topological polar surface area (TPSA) is 75.9 Å². The van der Waals surface area contributed by atoms with Crippen molar-refractivity contribution in [3.8, 4) is 5.69 Å². The van der Waals surface area contributed by atoms with Crippen molar-refractivity contribution >= 4 is 16.8 Å². The van der Waals surface area contributed by atoms with Crippen molar-refractivity contribution in [3.05, 3.63) is 83.8 Å². The first-order valence-corrected chi connectivity index (χ1v) is 12.1. The van der Waals surface area contributed by atoms with Crippen molar-refractivity contribution in [2.24, 2.45) is 0 Å². The van der Waals surface area contributed by atoms with Crippen LogP contribution in [0.1, 0.15) is 42.3 Å². The first-order valence-electron chi connectivity index (χ1n) is 12.1. The van der Waals surface area contributed by atoms with Gasteiger partial charge in [-0.1, -0.05) is 18.6 Å². The van der Waals surface area contributed by atoms with Gasteiger partial charge in [-0.15, -0.1) is 0 Å². The Balaban J connectivity index is 1.27. The molecule has 0 spiro atoms. The summed E-state index contributed by atoms with van der Waals surface area (Å²) in [5, 5.41) is 8.50. The zero-order chi connectivity index (χ0) is 24.2. The molecule has 4 aromatic rings. The summed E-state index contributed by atoms with van der Waals surface area (Å²) in [6, 6.07) is 12.4. The number of aryl methyl sites for hydroxylation is 1. The highest BCUT2D eigenvalue weighted by molar-refractivity contribution is 5.82. The van der Waals surface area contributed by atoms with Gasteiger partial charge in [0.1, 0.15) is 5.82 Å². The molecule has 3 aromatic heterocycles. The predicted molar refractivity (Wildman–Crippen MR) is 133 cm³/mol. The lowest BCUT2D eigenvalue weighted by Crippen LogP contribution is -2.41. The molecule has 1 saturated heterocycles. The molecule has 1 amide bonds. The lowest BCUT2D eigenvalue weighted by molar-refractivity contribution is -0.120. The average molecular weight is 473 g/mol. The van der Waals surface area contributed by atoms with E-state index in [0.717, 1.165) is 53.8 Å². The molecule has 35 heavy (non-hydrogen) atoms. The van der Waals surface area contributed by atoms with E-state index in [4.69, 9.17) is 0 Å². The Morgan fingerprint density at radius 3 is 2.63 bits per heavy atom. The van der Waals surface area contributed by atoms with E-state index < -0.39 is 0 Å². The number of likely N-dealkylation sites (tertiary alicyclic amines) is 1. The molecule has 5 rings (SSSR count). The van der Waals surface area contributed by atoms with Crippen LogP contribution >= 0.6 is 0 Å². The number of pyridine rings is 2. The summed E-state index contributed by atoms with van der Waals surface area (Å²) in [6.45, 7) is 4.39. The fourth-order valence-corrected chi connectivity index (χ4v) is 4.75. The maximum Gasteiger partial charge on any atom is 0.226 e. The van der Waals surface area contributed by atoms with Gasteiger partial charge in [-0.05, 0) is 68.8 Å². The van der Waals surface area contributed by atoms with Gasteiger partial charge in [0, 0.05) is 23.8 Å². The van der Waals surface area contributed by atoms with E-state index in [1.807, 2.05) is 41.9 Å². The van der Waals surface area contributed by atoms with Crippen molar-refractivity contribution in [1.29, 1.82) is 0 Å². The Hall–Kier alpha value is -3.65. The number of benzene rings is 1. The number of halogens is 1. The van der Waals surface area contributed by atoms with Crippen molar-refractivity contribution in [2.75, 3.05) is 19.6 Å². The number of hydrogen-bond acceptors (Lipinski definition) is 5. The number of aromatic nitrogens is 4. The minimum absolute atomic E-state index is 0.0253. The summed E-state index contributed by atoms with van der Waals surface area (Å²) in [7, 11) is 0. The quantitative estimate of drug-likeness (QED) is 0.437. The number of rotatable bonds is 7. The van der Waals surface area contributed by atoms with Crippen LogP contribution in [0.3, 0.4) is 0 Å². The smallest absolute Gasteiger partial charge is 0.226 e. The first-order chi connectivity index (χ1) is 17.1. The number of carbonyl (C=O) groups is 1. The van der Waals surface area contributed by atoms with E-state index in [-0.39, 0.29) is 24.2 Å². The monoisotopic (exact) mass is 472 g/mol. The van der Waals surface area contributed by atoms with Crippen LogP contribution in [-0.2, 0) is 11.2 Å². The number of carbonyl (C=O) groups excluding carboxylic acids is 1. The first kappa shape index (κ1) is 23.1. The van der Waals surface area contributed by atoms with Crippen molar-refractivity contribution < 1.29 is 9.18 Å². The van der Waals surface area contributed by atoms with Gasteiger partial charge in [0.05, 0.1) is 41.8 Å². The Labute approximate surface area is 204 Å². The number of nitrogens with zero attached hydrogens (tertiary/aromatic N) is 5. The molecule has 1 atom stereocenters. The van der Waals surface area contributed by atoms with Crippen LogP contribution in [0, 0.1) is 12.7 Å². The van der Waals surface area contributed by atoms with Crippen molar-refractivity contribution in [1.82, 2.24) is 30.0 Å². The molecule has 1 aliphatic heterocycles. The summed E-state index contributed by atoms with van der Waals surface area (Å²) >= 11 is 0. The van der Waals surface area contributed by atoms with Crippen molar-refractivity contribution in [3.63, 3.8) is 0 Å². The molecule has 4 heterocycles. The third-order valence-electron chi connectivity index (χ3n) is 6.56. The molecule has 1 aromatic carbocycles. The summed E-state index contributed by atoms with van der Waals surface area (Å²) < 4.78 is 15.3. The second-order valence-corrected chi connectivity index (χ2v) is 9.09. The molecule has 8 heteroatoms. The Bertz CT molecular complexity index is 1310. The maximum atomic E-state index is 13.5. The summed E-state index contributed by atoms with van der Waals surface area (Å²) in [4.78, 5) is 24.0. The average Bonchev–Trinajstić information content (AvgIpc) is 3.29. The normalized spacial score (nSPS) is 15.3. The molecule has 180 valence electrons. The van der Waals surface area contributed by atoms with Crippen LogP contribution in [0.5, 0.6) is 0 Å². The molecule has 0 radical (unpaired) electrons. The molecule has 7 nitrogen and oxygen atoms in total. The van der Waals surface area contributed by atoms with Crippen LogP contribution in [0.25, 0.3) is 16.6 Å². The Morgan fingerprint density at radius 2 is 1.86 bits per heavy atom. The molecule has 0 bridgehead atoms. The van der Waals surface area contributed by atoms with Gasteiger partial charge in [-0.3, -0.25) is 19.7 Å². The molecular weight excluding hydrogens is 443 g/mol. The zero-order valence-electron chi connectivity index (χ0n) is 19.8. The van der Waals surface area contributed by atoms with Crippen LogP contribution < -0.4 is 5.32 Å². The zero-order valence-corrected chi connectivity index (χ0v) is 19.8. The fraction of sp³-hybridized carbons (Fsp3) is 0.333. The van der Waals surface area contributed by atoms with Gasteiger partial charge in [0.15, 0.2) is 0 Å². The SMILES string of the molecule is Cc1cc(-n2ncc3cc(CC(=O)NCC(c4ccc(F)cc4)N4CCCCC4)ncc32)ccn1. The van der Waals surface area contributed by atoms with E-state index in [1.165, 1.54) is 18.6 Å². The number of nitrogens with one attached hydrogen (secondary N) is 1. The second kappa shape index (κ2) is 10.3. The lowest BCUT2D eigenvalue weighted by Gasteiger charge is -2.35. The van der Waals surface area contributed by atoms with Crippen LogP contribution in [0.15, 0.2) is 61.1 Å². The Kier molecular flexibility index (Phi) is 6.81. The third kappa shape index (κ3) is 5.38.